The van der Waals surface area contributed by atoms with Crippen LogP contribution in [0.2, 0.25) is 5.02 Å². The molecule has 8 nitrogen and oxygen atoms in total. The van der Waals surface area contributed by atoms with Crippen LogP contribution < -0.4 is 9.47 Å². The minimum atomic E-state index is -0.539. The second-order valence-corrected chi connectivity index (χ2v) is 7.87. The Morgan fingerprint density at radius 1 is 1.23 bits per heavy atom. The van der Waals surface area contributed by atoms with Crippen LogP contribution in [0.3, 0.4) is 0 Å². The number of nitro groups is 1. The van der Waals surface area contributed by atoms with Gasteiger partial charge in [-0.1, -0.05) is 17.7 Å². The fourth-order valence-corrected chi connectivity index (χ4v) is 4.18. The summed E-state index contributed by atoms with van der Waals surface area (Å²) in [6.45, 7) is 0.130. The Bertz CT molecular complexity index is 1390. The summed E-state index contributed by atoms with van der Waals surface area (Å²) in [5, 5.41) is 13.2. The predicted molar refractivity (Wildman–Crippen MR) is 116 cm³/mol. The lowest BCUT2D eigenvalue weighted by Gasteiger charge is -2.02. The van der Waals surface area contributed by atoms with Gasteiger partial charge in [0, 0.05) is 28.8 Å². The van der Waals surface area contributed by atoms with Gasteiger partial charge in [-0.3, -0.25) is 19.3 Å². The lowest BCUT2D eigenvalue weighted by molar-refractivity contribution is -0.384. The molecule has 0 radical (unpaired) electrons. The molecular weight excluding hydrogens is 442 g/mol. The fourth-order valence-electron chi connectivity index (χ4n) is 3.28. The largest absolute Gasteiger partial charge is 0.454 e. The predicted octanol–water partition coefficient (Wildman–Crippen LogP) is 5.25. The van der Waals surface area contributed by atoms with Crippen LogP contribution in [0.1, 0.15) is 16.1 Å². The highest BCUT2D eigenvalue weighted by Gasteiger charge is 2.19. The molecule has 3 heterocycles. The number of carbonyl (C=O) groups is 1. The summed E-state index contributed by atoms with van der Waals surface area (Å²) >= 11 is 7.36. The highest BCUT2D eigenvalue weighted by molar-refractivity contribution is 7.15. The number of allylic oxidation sites excluding steroid dienone is 1. The van der Waals surface area contributed by atoms with Gasteiger partial charge < -0.3 is 9.47 Å². The molecule has 5 rings (SSSR count). The van der Waals surface area contributed by atoms with Crippen molar-refractivity contribution in [3.63, 3.8) is 0 Å². The van der Waals surface area contributed by atoms with Crippen molar-refractivity contribution < 1.29 is 19.2 Å². The number of thiazole rings is 1. The van der Waals surface area contributed by atoms with Crippen LogP contribution in [0.5, 0.6) is 11.5 Å². The lowest BCUT2D eigenvalue weighted by atomic mass is 10.1. The lowest BCUT2D eigenvalue weighted by Crippen LogP contribution is -1.95. The summed E-state index contributed by atoms with van der Waals surface area (Å²) < 4.78 is 12.4. The van der Waals surface area contributed by atoms with Crippen LogP contribution in [0.25, 0.3) is 22.3 Å². The van der Waals surface area contributed by atoms with Crippen LogP contribution in [-0.4, -0.2) is 26.9 Å². The number of carbonyl (C=O) groups excluding carboxylic acids is 1. The SMILES string of the molecule is O=C(C=Cc1c(-c2ccc(Cl)c([N+](=O)[O-])c2)nc2sccn12)c1ccc2c(c1)OCO2. The molecule has 0 unspecified atom stereocenters. The number of hydrogen-bond donors (Lipinski definition) is 0. The van der Waals surface area contributed by atoms with Crippen LogP contribution in [-0.2, 0) is 0 Å². The van der Waals surface area contributed by atoms with Crippen molar-refractivity contribution in [1.82, 2.24) is 9.38 Å². The number of nitrogens with zero attached hydrogens (tertiary/aromatic N) is 3. The number of aromatic nitrogens is 2. The number of halogens is 1. The number of imidazole rings is 1. The van der Waals surface area contributed by atoms with Gasteiger partial charge >= 0.3 is 0 Å². The zero-order valence-electron chi connectivity index (χ0n) is 15.6. The Labute approximate surface area is 184 Å². The molecule has 1 aliphatic heterocycles. The zero-order valence-corrected chi connectivity index (χ0v) is 17.2. The Balaban J connectivity index is 1.54. The van der Waals surface area contributed by atoms with Crippen molar-refractivity contribution in [2.45, 2.75) is 0 Å². The van der Waals surface area contributed by atoms with E-state index in [4.69, 9.17) is 21.1 Å². The molecule has 2 aromatic heterocycles. The Kier molecular flexibility index (Phi) is 4.68. The number of ether oxygens (including phenoxy) is 2. The first kappa shape index (κ1) is 19.3. The minimum absolute atomic E-state index is 0.0462. The van der Waals surface area contributed by atoms with Crippen molar-refractivity contribution in [3.8, 4) is 22.8 Å². The van der Waals surface area contributed by atoms with Crippen molar-refractivity contribution >= 4 is 45.4 Å². The van der Waals surface area contributed by atoms with Gasteiger partial charge in [-0.15, -0.1) is 11.3 Å². The van der Waals surface area contributed by atoms with E-state index in [9.17, 15) is 14.9 Å². The van der Waals surface area contributed by atoms with E-state index in [1.807, 2.05) is 16.0 Å². The second-order valence-electron chi connectivity index (χ2n) is 6.59. The highest BCUT2D eigenvalue weighted by atomic mass is 35.5. The maximum atomic E-state index is 12.7. The third-order valence-corrected chi connectivity index (χ3v) is 5.84. The monoisotopic (exact) mass is 453 g/mol. The number of benzene rings is 2. The molecule has 0 fully saturated rings. The zero-order chi connectivity index (χ0) is 21.5. The molecular formula is C21H12ClN3O5S. The number of ketones is 1. The summed E-state index contributed by atoms with van der Waals surface area (Å²) in [5.41, 5.74) is 1.92. The molecule has 0 amide bonds. The normalized spacial score (nSPS) is 12.7. The van der Waals surface area contributed by atoms with E-state index in [1.54, 1.807) is 30.3 Å². The average molecular weight is 454 g/mol. The second kappa shape index (κ2) is 7.53. The topological polar surface area (TPSA) is 96.0 Å². The van der Waals surface area contributed by atoms with Crippen molar-refractivity contribution in [1.29, 1.82) is 0 Å². The van der Waals surface area contributed by atoms with E-state index in [0.717, 1.165) is 0 Å². The van der Waals surface area contributed by atoms with E-state index >= 15 is 0 Å². The van der Waals surface area contributed by atoms with E-state index in [2.05, 4.69) is 4.98 Å². The molecule has 0 saturated heterocycles. The first-order valence-corrected chi connectivity index (χ1v) is 10.3. The fraction of sp³-hybridized carbons (Fsp3) is 0.0476. The standard InChI is InChI=1S/C21H12ClN3O5S/c22-14-3-1-13(9-16(14)25(27)28)20-15(24-7-8-31-21(24)23-20)4-5-17(26)12-2-6-18-19(10-12)30-11-29-18/h1-10H,11H2. The number of nitro benzene ring substituents is 1. The van der Waals surface area contributed by atoms with Gasteiger partial charge in [0.25, 0.3) is 5.69 Å². The first-order valence-electron chi connectivity index (χ1n) is 9.03. The summed E-state index contributed by atoms with van der Waals surface area (Å²) in [6, 6.07) is 9.51. The van der Waals surface area contributed by atoms with Gasteiger partial charge in [-0.2, -0.15) is 0 Å². The molecule has 0 atom stereocenters. The molecule has 154 valence electrons. The van der Waals surface area contributed by atoms with Gasteiger partial charge in [0.2, 0.25) is 6.79 Å². The van der Waals surface area contributed by atoms with Gasteiger partial charge in [-0.25, -0.2) is 4.98 Å². The van der Waals surface area contributed by atoms with E-state index in [0.29, 0.717) is 39.0 Å². The van der Waals surface area contributed by atoms with Crippen molar-refractivity contribution in [2.24, 2.45) is 0 Å². The molecule has 2 aromatic carbocycles. The maximum absolute atomic E-state index is 12.7. The summed E-state index contributed by atoms with van der Waals surface area (Å²) in [6.07, 6.45) is 4.91. The highest BCUT2D eigenvalue weighted by Crippen LogP contribution is 2.34. The Hall–Kier alpha value is -3.69. The Morgan fingerprint density at radius 3 is 2.90 bits per heavy atom. The van der Waals surface area contributed by atoms with Crippen molar-refractivity contribution in [2.75, 3.05) is 6.79 Å². The maximum Gasteiger partial charge on any atom is 0.288 e. The van der Waals surface area contributed by atoms with Gasteiger partial charge in [0.05, 0.1) is 16.3 Å². The third-order valence-electron chi connectivity index (χ3n) is 4.76. The molecule has 10 heteroatoms. The summed E-state index contributed by atoms with van der Waals surface area (Å²) in [7, 11) is 0. The molecule has 0 saturated carbocycles. The number of rotatable bonds is 5. The number of fused-ring (bicyclic) bond motifs is 2. The average Bonchev–Trinajstić information content (AvgIpc) is 3.47. The molecule has 1 aliphatic rings. The molecule has 0 spiro atoms. The number of hydrogen-bond acceptors (Lipinski definition) is 7. The molecule has 0 N–H and O–H groups in total. The smallest absolute Gasteiger partial charge is 0.288 e. The van der Waals surface area contributed by atoms with Gasteiger partial charge in [-0.05, 0) is 36.4 Å². The van der Waals surface area contributed by atoms with Crippen LogP contribution in [0.4, 0.5) is 5.69 Å². The molecule has 31 heavy (non-hydrogen) atoms. The van der Waals surface area contributed by atoms with E-state index < -0.39 is 4.92 Å². The van der Waals surface area contributed by atoms with Crippen LogP contribution in [0, 0.1) is 10.1 Å². The molecule has 0 bridgehead atoms. The van der Waals surface area contributed by atoms with E-state index in [1.165, 1.54) is 29.5 Å². The van der Waals surface area contributed by atoms with Crippen LogP contribution >= 0.6 is 22.9 Å². The minimum Gasteiger partial charge on any atom is -0.454 e. The quantitative estimate of drug-likeness (QED) is 0.177. The molecule has 4 aromatic rings. The van der Waals surface area contributed by atoms with Crippen molar-refractivity contribution in [3.05, 3.63) is 80.4 Å². The summed E-state index contributed by atoms with van der Waals surface area (Å²) in [5.74, 6) is 0.900. The van der Waals surface area contributed by atoms with Crippen LogP contribution in [0.15, 0.2) is 54.1 Å². The third kappa shape index (κ3) is 3.43. The van der Waals surface area contributed by atoms with Gasteiger partial charge in [0.15, 0.2) is 22.2 Å². The molecule has 0 aliphatic carbocycles. The first-order chi connectivity index (χ1) is 15.0. The van der Waals surface area contributed by atoms with Gasteiger partial charge in [0.1, 0.15) is 5.02 Å². The Morgan fingerprint density at radius 2 is 2.06 bits per heavy atom. The summed E-state index contributed by atoms with van der Waals surface area (Å²) in [4.78, 5) is 28.8. The van der Waals surface area contributed by atoms with E-state index in [-0.39, 0.29) is 23.3 Å².